The van der Waals surface area contributed by atoms with E-state index in [1.807, 2.05) is 25.1 Å². The molecular formula is C13H13ClN2O2. The highest BCUT2D eigenvalue weighted by molar-refractivity contribution is 6.30. The number of hydrogen-bond acceptors (Lipinski definition) is 4. The van der Waals surface area contributed by atoms with E-state index in [1.54, 1.807) is 14.2 Å². The minimum Gasteiger partial charge on any atom is -0.497 e. The third-order valence-corrected chi connectivity index (χ3v) is 3.07. The molecule has 0 spiro atoms. The van der Waals surface area contributed by atoms with Crippen molar-refractivity contribution >= 4 is 11.6 Å². The van der Waals surface area contributed by atoms with Crippen molar-refractivity contribution in [3.05, 3.63) is 35.2 Å². The van der Waals surface area contributed by atoms with Crippen LogP contribution < -0.4 is 9.47 Å². The summed E-state index contributed by atoms with van der Waals surface area (Å²) in [6.45, 7) is 1.88. The zero-order chi connectivity index (χ0) is 13.1. The zero-order valence-electron chi connectivity index (χ0n) is 10.4. The maximum Gasteiger partial charge on any atom is 0.135 e. The Balaban J connectivity index is 2.60. The van der Waals surface area contributed by atoms with E-state index < -0.39 is 0 Å². The maximum atomic E-state index is 6.00. The molecule has 0 amide bonds. The molecule has 0 aliphatic rings. The fourth-order valence-corrected chi connectivity index (χ4v) is 1.83. The van der Waals surface area contributed by atoms with Crippen molar-refractivity contribution in [1.82, 2.24) is 9.97 Å². The summed E-state index contributed by atoms with van der Waals surface area (Å²) in [7, 11) is 3.22. The number of rotatable bonds is 3. The van der Waals surface area contributed by atoms with Gasteiger partial charge in [-0.05, 0) is 19.1 Å². The summed E-state index contributed by atoms with van der Waals surface area (Å²) in [6.07, 6.45) is 1.44. The van der Waals surface area contributed by atoms with E-state index in [4.69, 9.17) is 21.1 Å². The maximum absolute atomic E-state index is 6.00. The Hall–Kier alpha value is -1.81. The van der Waals surface area contributed by atoms with Gasteiger partial charge in [-0.2, -0.15) is 0 Å². The highest BCUT2D eigenvalue weighted by atomic mass is 35.5. The van der Waals surface area contributed by atoms with Gasteiger partial charge in [0.05, 0.1) is 19.9 Å². The number of nitrogens with zero attached hydrogens (tertiary/aromatic N) is 2. The molecule has 0 saturated heterocycles. The van der Waals surface area contributed by atoms with Crippen LogP contribution in [-0.4, -0.2) is 24.2 Å². The van der Waals surface area contributed by atoms with Crippen molar-refractivity contribution in [1.29, 1.82) is 0 Å². The van der Waals surface area contributed by atoms with E-state index in [1.165, 1.54) is 6.33 Å². The van der Waals surface area contributed by atoms with Crippen molar-refractivity contribution in [2.75, 3.05) is 14.2 Å². The SMILES string of the molecule is COc1ccc(-c2ncnc(Cl)c2C)c(OC)c1. The molecule has 4 nitrogen and oxygen atoms in total. The molecule has 0 N–H and O–H groups in total. The predicted octanol–water partition coefficient (Wildman–Crippen LogP) is 3.12. The van der Waals surface area contributed by atoms with Crippen LogP contribution >= 0.6 is 11.6 Å². The summed E-state index contributed by atoms with van der Waals surface area (Å²) >= 11 is 6.00. The number of halogens is 1. The molecule has 0 saturated carbocycles. The van der Waals surface area contributed by atoms with Gasteiger partial charge in [-0.15, -0.1) is 0 Å². The van der Waals surface area contributed by atoms with Gasteiger partial charge in [0.1, 0.15) is 23.0 Å². The topological polar surface area (TPSA) is 44.2 Å². The van der Waals surface area contributed by atoms with Gasteiger partial charge in [0.15, 0.2) is 0 Å². The monoisotopic (exact) mass is 264 g/mol. The van der Waals surface area contributed by atoms with E-state index in [2.05, 4.69) is 9.97 Å². The van der Waals surface area contributed by atoms with Gasteiger partial charge in [0.25, 0.3) is 0 Å². The number of methoxy groups -OCH3 is 2. The minimum absolute atomic E-state index is 0.442. The third-order valence-electron chi connectivity index (χ3n) is 2.69. The Morgan fingerprint density at radius 2 is 1.89 bits per heavy atom. The lowest BCUT2D eigenvalue weighted by Crippen LogP contribution is -1.95. The molecule has 5 heteroatoms. The Bertz CT molecular complexity index is 573. The molecule has 0 fully saturated rings. The van der Waals surface area contributed by atoms with Crippen LogP contribution in [0.5, 0.6) is 11.5 Å². The molecule has 1 aromatic heterocycles. The van der Waals surface area contributed by atoms with Crippen LogP contribution in [0, 0.1) is 6.92 Å². The van der Waals surface area contributed by atoms with E-state index in [0.29, 0.717) is 10.9 Å². The molecule has 0 atom stereocenters. The summed E-state index contributed by atoms with van der Waals surface area (Å²) in [5.41, 5.74) is 2.44. The Kier molecular flexibility index (Phi) is 3.67. The summed E-state index contributed by atoms with van der Waals surface area (Å²) in [4.78, 5) is 8.20. The fraction of sp³-hybridized carbons (Fsp3) is 0.231. The molecule has 0 aliphatic carbocycles. The molecular weight excluding hydrogens is 252 g/mol. The van der Waals surface area contributed by atoms with Crippen molar-refractivity contribution in [3.63, 3.8) is 0 Å². The molecule has 0 unspecified atom stereocenters. The Labute approximate surface area is 111 Å². The second kappa shape index (κ2) is 5.23. The summed E-state index contributed by atoms with van der Waals surface area (Å²) < 4.78 is 10.5. The Morgan fingerprint density at radius 1 is 1.11 bits per heavy atom. The molecule has 2 aromatic rings. The molecule has 0 radical (unpaired) electrons. The molecule has 0 aliphatic heterocycles. The van der Waals surface area contributed by atoms with Crippen molar-refractivity contribution in [2.24, 2.45) is 0 Å². The second-order valence-electron chi connectivity index (χ2n) is 3.70. The first-order valence-electron chi connectivity index (χ1n) is 5.37. The summed E-state index contributed by atoms with van der Waals surface area (Å²) in [5.74, 6) is 1.42. The van der Waals surface area contributed by atoms with Crippen LogP contribution in [0.2, 0.25) is 5.15 Å². The highest BCUT2D eigenvalue weighted by Crippen LogP contribution is 2.34. The van der Waals surface area contributed by atoms with Crippen LogP contribution in [0.4, 0.5) is 0 Å². The highest BCUT2D eigenvalue weighted by Gasteiger charge is 2.13. The number of benzene rings is 1. The third kappa shape index (κ3) is 2.24. The fourth-order valence-electron chi connectivity index (χ4n) is 1.69. The number of ether oxygens (including phenoxy) is 2. The van der Waals surface area contributed by atoms with Gasteiger partial charge < -0.3 is 9.47 Å². The summed E-state index contributed by atoms with van der Waals surface area (Å²) in [6, 6.07) is 5.56. The average molecular weight is 265 g/mol. The number of aromatic nitrogens is 2. The van der Waals surface area contributed by atoms with Gasteiger partial charge in [0, 0.05) is 17.2 Å². The van der Waals surface area contributed by atoms with Crippen LogP contribution in [0.15, 0.2) is 24.5 Å². The molecule has 94 valence electrons. The van der Waals surface area contributed by atoms with E-state index in [0.717, 1.165) is 22.6 Å². The van der Waals surface area contributed by atoms with Crippen LogP contribution in [0.1, 0.15) is 5.56 Å². The lowest BCUT2D eigenvalue weighted by atomic mass is 10.1. The lowest BCUT2D eigenvalue weighted by molar-refractivity contribution is 0.395. The van der Waals surface area contributed by atoms with Crippen molar-refractivity contribution < 1.29 is 9.47 Å². The van der Waals surface area contributed by atoms with E-state index >= 15 is 0 Å². The second-order valence-corrected chi connectivity index (χ2v) is 4.06. The first-order valence-corrected chi connectivity index (χ1v) is 5.74. The predicted molar refractivity (Wildman–Crippen MR) is 70.3 cm³/mol. The van der Waals surface area contributed by atoms with E-state index in [-0.39, 0.29) is 0 Å². The van der Waals surface area contributed by atoms with Gasteiger partial charge in [0.2, 0.25) is 0 Å². The average Bonchev–Trinajstić information content (AvgIpc) is 2.41. The quantitative estimate of drug-likeness (QED) is 0.799. The standard InChI is InChI=1S/C13H13ClN2O2/c1-8-12(15-7-16-13(8)14)10-5-4-9(17-2)6-11(10)18-3/h4-7H,1-3H3. The summed E-state index contributed by atoms with van der Waals surface area (Å²) in [5, 5.41) is 0.442. The van der Waals surface area contributed by atoms with Crippen LogP contribution in [0.3, 0.4) is 0 Å². The largest absolute Gasteiger partial charge is 0.497 e. The first kappa shape index (κ1) is 12.6. The van der Waals surface area contributed by atoms with Gasteiger partial charge >= 0.3 is 0 Å². The smallest absolute Gasteiger partial charge is 0.135 e. The van der Waals surface area contributed by atoms with Gasteiger partial charge in [-0.1, -0.05) is 11.6 Å². The van der Waals surface area contributed by atoms with Crippen LogP contribution in [-0.2, 0) is 0 Å². The van der Waals surface area contributed by atoms with Gasteiger partial charge in [-0.3, -0.25) is 0 Å². The zero-order valence-corrected chi connectivity index (χ0v) is 11.2. The molecule has 2 rings (SSSR count). The normalized spacial score (nSPS) is 10.2. The van der Waals surface area contributed by atoms with Crippen LogP contribution in [0.25, 0.3) is 11.3 Å². The molecule has 1 aromatic carbocycles. The van der Waals surface area contributed by atoms with Crippen molar-refractivity contribution in [3.8, 4) is 22.8 Å². The minimum atomic E-state index is 0.442. The molecule has 18 heavy (non-hydrogen) atoms. The van der Waals surface area contributed by atoms with E-state index in [9.17, 15) is 0 Å². The first-order chi connectivity index (χ1) is 8.67. The van der Waals surface area contributed by atoms with Crippen molar-refractivity contribution in [2.45, 2.75) is 6.92 Å². The molecule has 1 heterocycles. The van der Waals surface area contributed by atoms with Gasteiger partial charge in [-0.25, -0.2) is 9.97 Å². The number of hydrogen-bond donors (Lipinski definition) is 0. The molecule has 0 bridgehead atoms. The Morgan fingerprint density at radius 3 is 2.56 bits per heavy atom. The lowest BCUT2D eigenvalue weighted by Gasteiger charge is -2.11.